The summed E-state index contributed by atoms with van der Waals surface area (Å²) in [5.41, 5.74) is 0.969. The summed E-state index contributed by atoms with van der Waals surface area (Å²) >= 11 is 0. The third-order valence-corrected chi connectivity index (χ3v) is 2.79. The van der Waals surface area contributed by atoms with Crippen molar-refractivity contribution in [3.8, 4) is 5.75 Å². The lowest BCUT2D eigenvalue weighted by Gasteiger charge is -2.20. The summed E-state index contributed by atoms with van der Waals surface area (Å²) < 4.78 is 5.79. The van der Waals surface area contributed by atoms with Gasteiger partial charge in [-0.05, 0) is 18.1 Å². The molecule has 2 rings (SSSR count). The molecule has 0 N–H and O–H groups in total. The number of ether oxygens (including phenoxy) is 1. The Morgan fingerprint density at radius 2 is 2.20 bits per heavy atom. The summed E-state index contributed by atoms with van der Waals surface area (Å²) in [5, 5.41) is 0. The summed E-state index contributed by atoms with van der Waals surface area (Å²) in [4.78, 5) is 10.8. The molecule has 0 radical (unpaired) electrons. The molecule has 1 unspecified atom stereocenters. The maximum atomic E-state index is 10.8. The summed E-state index contributed by atoms with van der Waals surface area (Å²) in [6, 6.07) is 8.08. The quantitative estimate of drug-likeness (QED) is 0.707. The number of fused-ring (bicyclic) bond motifs is 1. The molecule has 0 aliphatic carbocycles. The van der Waals surface area contributed by atoms with Crippen LogP contribution < -0.4 is 4.74 Å². The van der Waals surface area contributed by atoms with Crippen molar-refractivity contribution in [2.75, 3.05) is 0 Å². The Hall–Kier alpha value is -1.31. The predicted molar refractivity (Wildman–Crippen MR) is 59.0 cm³/mol. The second-order valence-electron chi connectivity index (χ2n) is 4.86. The van der Waals surface area contributed by atoms with Gasteiger partial charge < -0.3 is 9.53 Å². The third-order valence-electron chi connectivity index (χ3n) is 2.79. The van der Waals surface area contributed by atoms with E-state index in [0.717, 1.165) is 24.9 Å². The average molecular weight is 204 g/mol. The van der Waals surface area contributed by atoms with Crippen LogP contribution in [0.5, 0.6) is 5.75 Å². The van der Waals surface area contributed by atoms with Crippen molar-refractivity contribution in [1.29, 1.82) is 0 Å². The van der Waals surface area contributed by atoms with Crippen LogP contribution in [-0.4, -0.2) is 12.4 Å². The lowest BCUT2D eigenvalue weighted by atomic mass is 9.87. The van der Waals surface area contributed by atoms with Crippen LogP contribution in [0.3, 0.4) is 0 Å². The lowest BCUT2D eigenvalue weighted by molar-refractivity contribution is -0.115. The molecular weight excluding hydrogens is 188 g/mol. The molecule has 15 heavy (non-hydrogen) atoms. The molecule has 1 heterocycles. The van der Waals surface area contributed by atoms with Crippen molar-refractivity contribution in [3.63, 3.8) is 0 Å². The Morgan fingerprint density at radius 3 is 2.87 bits per heavy atom. The number of hydrogen-bond acceptors (Lipinski definition) is 2. The average Bonchev–Trinajstić information content (AvgIpc) is 2.58. The molecule has 0 spiro atoms. The highest BCUT2D eigenvalue weighted by atomic mass is 16.5. The zero-order valence-corrected chi connectivity index (χ0v) is 9.19. The van der Waals surface area contributed by atoms with E-state index in [4.69, 9.17) is 4.74 Å². The highest BCUT2D eigenvalue weighted by Crippen LogP contribution is 2.33. The molecule has 0 aromatic heterocycles. The van der Waals surface area contributed by atoms with Crippen LogP contribution in [0.15, 0.2) is 24.3 Å². The van der Waals surface area contributed by atoms with Crippen molar-refractivity contribution < 1.29 is 9.53 Å². The van der Waals surface area contributed by atoms with Gasteiger partial charge in [-0.15, -0.1) is 0 Å². The number of rotatable bonds is 3. The van der Waals surface area contributed by atoms with Gasteiger partial charge >= 0.3 is 0 Å². The fourth-order valence-electron chi connectivity index (χ4n) is 2.00. The molecule has 1 aliphatic heterocycles. The Bertz CT molecular complexity index is 344. The number of benzene rings is 1. The molecule has 0 fully saturated rings. The van der Waals surface area contributed by atoms with Gasteiger partial charge in [0, 0.05) is 11.8 Å². The number of para-hydroxylation sites is 1. The van der Waals surface area contributed by atoms with Crippen molar-refractivity contribution in [2.45, 2.75) is 32.8 Å². The highest BCUT2D eigenvalue weighted by Gasteiger charge is 2.29. The Balaban J connectivity index is 2.05. The van der Waals surface area contributed by atoms with E-state index in [0.29, 0.717) is 0 Å². The van der Waals surface area contributed by atoms with Crippen LogP contribution >= 0.6 is 0 Å². The topological polar surface area (TPSA) is 26.3 Å². The molecule has 0 amide bonds. The first kappa shape index (κ1) is 10.2. The van der Waals surface area contributed by atoms with Gasteiger partial charge in [-0.1, -0.05) is 32.0 Å². The first-order valence-corrected chi connectivity index (χ1v) is 5.32. The van der Waals surface area contributed by atoms with Crippen LogP contribution in [-0.2, 0) is 11.2 Å². The fourth-order valence-corrected chi connectivity index (χ4v) is 2.00. The van der Waals surface area contributed by atoms with E-state index in [1.54, 1.807) is 0 Å². The maximum Gasteiger partial charge on any atom is 0.125 e. The molecule has 0 bridgehead atoms. The third kappa shape index (κ3) is 2.20. The molecule has 1 aromatic rings. The number of carbonyl (C=O) groups excluding carboxylic acids is 1. The van der Waals surface area contributed by atoms with E-state index in [2.05, 4.69) is 6.07 Å². The van der Waals surface area contributed by atoms with Gasteiger partial charge in [0.05, 0.1) is 0 Å². The largest absolute Gasteiger partial charge is 0.490 e. The maximum absolute atomic E-state index is 10.8. The van der Waals surface area contributed by atoms with Crippen molar-refractivity contribution >= 4 is 6.29 Å². The molecule has 0 saturated heterocycles. The van der Waals surface area contributed by atoms with Gasteiger partial charge in [-0.25, -0.2) is 0 Å². The van der Waals surface area contributed by atoms with E-state index >= 15 is 0 Å². The molecule has 0 saturated carbocycles. The molecule has 2 nitrogen and oxygen atoms in total. The van der Waals surface area contributed by atoms with Gasteiger partial charge in [0.15, 0.2) is 0 Å². The Kier molecular flexibility index (Phi) is 2.51. The second kappa shape index (κ2) is 3.69. The normalized spacial score (nSPS) is 19.5. The first-order chi connectivity index (χ1) is 7.11. The molecular formula is C13H16O2. The number of aldehydes is 1. The van der Waals surface area contributed by atoms with Crippen LogP contribution in [0.1, 0.15) is 25.8 Å². The monoisotopic (exact) mass is 204 g/mol. The zero-order valence-electron chi connectivity index (χ0n) is 9.19. The van der Waals surface area contributed by atoms with Gasteiger partial charge in [-0.2, -0.15) is 0 Å². The van der Waals surface area contributed by atoms with Gasteiger partial charge in [0.25, 0.3) is 0 Å². The summed E-state index contributed by atoms with van der Waals surface area (Å²) in [6.07, 6.45) is 2.88. The summed E-state index contributed by atoms with van der Waals surface area (Å²) in [5.74, 6) is 0.976. The van der Waals surface area contributed by atoms with Gasteiger partial charge in [-0.3, -0.25) is 0 Å². The van der Waals surface area contributed by atoms with Crippen molar-refractivity contribution in [1.82, 2.24) is 0 Å². The smallest absolute Gasteiger partial charge is 0.125 e. The fraction of sp³-hybridized carbons (Fsp3) is 0.462. The SMILES string of the molecule is CC(C)(C=O)CC1Cc2ccccc2O1. The lowest BCUT2D eigenvalue weighted by Crippen LogP contribution is -2.24. The van der Waals surface area contributed by atoms with Crippen LogP contribution in [0.2, 0.25) is 0 Å². The number of hydrogen-bond donors (Lipinski definition) is 0. The Morgan fingerprint density at radius 1 is 1.47 bits per heavy atom. The van der Waals surface area contributed by atoms with E-state index in [9.17, 15) is 4.79 Å². The highest BCUT2D eigenvalue weighted by molar-refractivity contribution is 5.58. The zero-order chi connectivity index (χ0) is 10.9. The Labute approximate surface area is 90.3 Å². The van der Waals surface area contributed by atoms with E-state index in [1.807, 2.05) is 32.0 Å². The minimum absolute atomic E-state index is 0.155. The molecule has 1 aliphatic rings. The molecule has 1 atom stereocenters. The van der Waals surface area contributed by atoms with Crippen LogP contribution in [0.25, 0.3) is 0 Å². The number of carbonyl (C=O) groups is 1. The minimum Gasteiger partial charge on any atom is -0.490 e. The van der Waals surface area contributed by atoms with Crippen molar-refractivity contribution in [2.24, 2.45) is 5.41 Å². The van der Waals surface area contributed by atoms with Crippen LogP contribution in [0.4, 0.5) is 0 Å². The summed E-state index contributed by atoms with van der Waals surface area (Å²) in [6.45, 7) is 3.90. The minimum atomic E-state index is -0.285. The predicted octanol–water partition coefficient (Wildman–Crippen LogP) is 2.61. The van der Waals surface area contributed by atoms with Crippen LogP contribution in [0, 0.1) is 5.41 Å². The van der Waals surface area contributed by atoms with E-state index < -0.39 is 0 Å². The van der Waals surface area contributed by atoms with Crippen molar-refractivity contribution in [3.05, 3.63) is 29.8 Å². The van der Waals surface area contributed by atoms with E-state index in [-0.39, 0.29) is 11.5 Å². The molecule has 2 heteroatoms. The van der Waals surface area contributed by atoms with E-state index in [1.165, 1.54) is 5.56 Å². The van der Waals surface area contributed by atoms with Gasteiger partial charge in [0.1, 0.15) is 18.1 Å². The molecule has 1 aromatic carbocycles. The second-order valence-corrected chi connectivity index (χ2v) is 4.86. The standard InChI is InChI=1S/C13H16O2/c1-13(2,9-14)8-11-7-10-5-3-4-6-12(10)15-11/h3-6,9,11H,7-8H2,1-2H3. The van der Waals surface area contributed by atoms with Gasteiger partial charge in [0.2, 0.25) is 0 Å². The first-order valence-electron chi connectivity index (χ1n) is 5.32. The molecule has 80 valence electrons. The summed E-state index contributed by atoms with van der Waals surface area (Å²) in [7, 11) is 0.